The van der Waals surface area contributed by atoms with Gasteiger partial charge < -0.3 is 13.9 Å². The highest BCUT2D eigenvalue weighted by Gasteiger charge is 2.18. The van der Waals surface area contributed by atoms with Crippen molar-refractivity contribution in [2.24, 2.45) is 0 Å². The number of ether oxygens (including phenoxy) is 2. The van der Waals surface area contributed by atoms with Gasteiger partial charge >= 0.3 is 0 Å². The van der Waals surface area contributed by atoms with Gasteiger partial charge in [0.05, 0.1) is 18.3 Å². The fraction of sp³-hybridized carbons (Fsp3) is 0.467. The van der Waals surface area contributed by atoms with Crippen molar-refractivity contribution in [1.82, 2.24) is 10.2 Å². The van der Waals surface area contributed by atoms with Gasteiger partial charge in [-0.3, -0.25) is 0 Å². The van der Waals surface area contributed by atoms with Gasteiger partial charge in [-0.05, 0) is 31.9 Å². The van der Waals surface area contributed by atoms with E-state index in [1.165, 1.54) is 0 Å². The van der Waals surface area contributed by atoms with E-state index in [0.717, 1.165) is 36.5 Å². The normalized spacial score (nSPS) is 18.0. The van der Waals surface area contributed by atoms with Crippen LogP contribution in [-0.4, -0.2) is 35.3 Å². The van der Waals surface area contributed by atoms with E-state index in [1.54, 1.807) is 11.8 Å². The molecule has 1 saturated heterocycles. The van der Waals surface area contributed by atoms with Crippen LogP contribution >= 0.6 is 11.8 Å². The molecule has 5 nitrogen and oxygen atoms in total. The summed E-state index contributed by atoms with van der Waals surface area (Å²) in [5, 5.41) is 8.78. The second-order valence-electron chi connectivity index (χ2n) is 4.75. The second-order valence-corrected chi connectivity index (χ2v) is 5.72. The minimum Gasteiger partial charge on any atom is -0.493 e. The first kappa shape index (κ1) is 14.4. The molecule has 0 aliphatic carbocycles. The molecular formula is C15H18N2O3S. The lowest BCUT2D eigenvalue weighted by Crippen LogP contribution is -2.07. The molecule has 0 N–H and O–H groups in total. The fourth-order valence-corrected chi connectivity index (χ4v) is 3.07. The lowest BCUT2D eigenvalue weighted by molar-refractivity contribution is 0.128. The molecule has 1 unspecified atom stereocenters. The Labute approximate surface area is 128 Å². The average molecular weight is 306 g/mol. The van der Waals surface area contributed by atoms with Crippen LogP contribution in [0.5, 0.6) is 5.75 Å². The van der Waals surface area contributed by atoms with Gasteiger partial charge in [0.25, 0.3) is 11.1 Å². The molecule has 0 spiro atoms. The number of hydrogen-bond donors (Lipinski definition) is 0. The predicted molar refractivity (Wildman–Crippen MR) is 80.6 cm³/mol. The Morgan fingerprint density at radius 2 is 2.24 bits per heavy atom. The van der Waals surface area contributed by atoms with Gasteiger partial charge in [-0.2, -0.15) is 0 Å². The van der Waals surface area contributed by atoms with Crippen LogP contribution in [0.3, 0.4) is 0 Å². The van der Waals surface area contributed by atoms with Crippen LogP contribution in [-0.2, 0) is 4.74 Å². The Morgan fingerprint density at radius 1 is 1.33 bits per heavy atom. The zero-order valence-electron chi connectivity index (χ0n) is 11.9. The summed E-state index contributed by atoms with van der Waals surface area (Å²) < 4.78 is 16.9. The molecule has 1 fully saturated rings. The van der Waals surface area contributed by atoms with Crippen LogP contribution in [0.4, 0.5) is 0 Å². The van der Waals surface area contributed by atoms with Crippen molar-refractivity contribution in [2.45, 2.75) is 31.1 Å². The number of para-hydroxylation sites is 1. The minimum absolute atomic E-state index is 0.307. The predicted octanol–water partition coefficient (Wildman–Crippen LogP) is 3.41. The Kier molecular flexibility index (Phi) is 4.77. The molecule has 112 valence electrons. The molecule has 1 aliphatic heterocycles. The molecule has 0 radical (unpaired) electrons. The molecule has 2 heterocycles. The third-order valence-electron chi connectivity index (χ3n) is 3.24. The second kappa shape index (κ2) is 6.95. The van der Waals surface area contributed by atoms with Crippen molar-refractivity contribution in [3.8, 4) is 17.2 Å². The number of nitrogens with zero attached hydrogens (tertiary/aromatic N) is 2. The van der Waals surface area contributed by atoms with E-state index >= 15 is 0 Å². The van der Waals surface area contributed by atoms with E-state index in [9.17, 15) is 0 Å². The van der Waals surface area contributed by atoms with Crippen LogP contribution in [0.15, 0.2) is 33.9 Å². The average Bonchev–Trinajstić information content (AvgIpc) is 3.18. The lowest BCUT2D eigenvalue weighted by atomic mass is 10.2. The van der Waals surface area contributed by atoms with Gasteiger partial charge in [-0.1, -0.05) is 23.9 Å². The zero-order chi connectivity index (χ0) is 14.5. The zero-order valence-corrected chi connectivity index (χ0v) is 12.8. The Bertz CT molecular complexity index is 582. The fourth-order valence-electron chi connectivity index (χ4n) is 2.24. The smallest absolute Gasteiger partial charge is 0.276 e. The number of hydrogen-bond acceptors (Lipinski definition) is 6. The Balaban J connectivity index is 1.69. The number of rotatable bonds is 6. The summed E-state index contributed by atoms with van der Waals surface area (Å²) in [6.07, 6.45) is 2.56. The summed E-state index contributed by atoms with van der Waals surface area (Å²) in [6.45, 7) is 3.42. The molecule has 3 rings (SSSR count). The monoisotopic (exact) mass is 306 g/mol. The number of thioether (sulfide) groups is 1. The van der Waals surface area contributed by atoms with Crippen LogP contribution in [0, 0.1) is 0 Å². The van der Waals surface area contributed by atoms with Gasteiger partial charge in [0.15, 0.2) is 0 Å². The van der Waals surface area contributed by atoms with Crippen LogP contribution < -0.4 is 4.74 Å². The molecule has 0 bridgehead atoms. The highest BCUT2D eigenvalue weighted by molar-refractivity contribution is 7.99. The van der Waals surface area contributed by atoms with Gasteiger partial charge in [0.1, 0.15) is 5.75 Å². The summed E-state index contributed by atoms with van der Waals surface area (Å²) in [6, 6.07) is 7.69. The minimum atomic E-state index is 0.307. The van der Waals surface area contributed by atoms with E-state index < -0.39 is 0 Å². The van der Waals surface area contributed by atoms with Gasteiger partial charge in [0.2, 0.25) is 0 Å². The maximum Gasteiger partial charge on any atom is 0.276 e. The van der Waals surface area contributed by atoms with Crippen molar-refractivity contribution >= 4 is 11.8 Å². The van der Waals surface area contributed by atoms with Gasteiger partial charge in [-0.25, -0.2) is 0 Å². The van der Waals surface area contributed by atoms with Crippen LogP contribution in [0.25, 0.3) is 11.5 Å². The maximum atomic E-state index is 5.72. The molecule has 1 aromatic carbocycles. The summed E-state index contributed by atoms with van der Waals surface area (Å²) in [4.78, 5) is 0. The molecule has 1 aromatic heterocycles. The van der Waals surface area contributed by atoms with Gasteiger partial charge in [-0.15, -0.1) is 10.2 Å². The molecule has 2 aromatic rings. The third kappa shape index (κ3) is 3.57. The summed E-state index contributed by atoms with van der Waals surface area (Å²) in [5.74, 6) is 2.11. The van der Waals surface area contributed by atoms with E-state index in [1.807, 2.05) is 31.2 Å². The van der Waals surface area contributed by atoms with Crippen molar-refractivity contribution in [3.63, 3.8) is 0 Å². The SMILES string of the molecule is CCOc1ccccc1-c1nnc(SCC2CCCO2)o1. The first-order valence-corrected chi connectivity index (χ1v) is 8.15. The van der Waals surface area contributed by atoms with E-state index in [-0.39, 0.29) is 0 Å². The van der Waals surface area contributed by atoms with Crippen molar-refractivity contribution < 1.29 is 13.9 Å². The summed E-state index contributed by atoms with van der Waals surface area (Å²) in [5.41, 5.74) is 0.829. The summed E-state index contributed by atoms with van der Waals surface area (Å²) >= 11 is 1.55. The van der Waals surface area contributed by atoms with Crippen molar-refractivity contribution in [1.29, 1.82) is 0 Å². The van der Waals surface area contributed by atoms with Crippen LogP contribution in [0.2, 0.25) is 0 Å². The van der Waals surface area contributed by atoms with E-state index in [4.69, 9.17) is 13.9 Å². The molecular weight excluding hydrogens is 288 g/mol. The Morgan fingerprint density at radius 3 is 3.05 bits per heavy atom. The van der Waals surface area contributed by atoms with Crippen LogP contribution in [0.1, 0.15) is 19.8 Å². The molecule has 6 heteroatoms. The molecule has 0 saturated carbocycles. The number of benzene rings is 1. The van der Waals surface area contributed by atoms with Crippen molar-refractivity contribution in [2.75, 3.05) is 19.0 Å². The third-order valence-corrected chi connectivity index (χ3v) is 4.19. The summed E-state index contributed by atoms with van der Waals surface area (Å²) in [7, 11) is 0. The highest BCUT2D eigenvalue weighted by Crippen LogP contribution is 2.31. The first-order valence-electron chi connectivity index (χ1n) is 7.17. The lowest BCUT2D eigenvalue weighted by Gasteiger charge is -2.06. The molecule has 1 atom stereocenters. The molecule has 0 amide bonds. The molecule has 21 heavy (non-hydrogen) atoms. The van der Waals surface area contributed by atoms with E-state index in [0.29, 0.717) is 23.8 Å². The Hall–Kier alpha value is -1.53. The van der Waals surface area contributed by atoms with Crippen molar-refractivity contribution in [3.05, 3.63) is 24.3 Å². The number of aromatic nitrogens is 2. The highest BCUT2D eigenvalue weighted by atomic mass is 32.2. The van der Waals surface area contributed by atoms with E-state index in [2.05, 4.69) is 10.2 Å². The quantitative estimate of drug-likeness (QED) is 0.762. The topological polar surface area (TPSA) is 57.4 Å². The standard InChI is InChI=1S/C15H18N2O3S/c1-2-18-13-8-4-3-7-12(13)14-16-17-15(20-14)21-10-11-6-5-9-19-11/h3-4,7-8,11H,2,5-6,9-10H2,1H3. The largest absolute Gasteiger partial charge is 0.493 e. The van der Waals surface area contributed by atoms with Gasteiger partial charge in [0, 0.05) is 12.4 Å². The maximum absolute atomic E-state index is 5.72. The molecule has 1 aliphatic rings. The first-order chi connectivity index (χ1) is 10.4.